The Morgan fingerprint density at radius 3 is 2.54 bits per heavy atom. The van der Waals surface area contributed by atoms with Gasteiger partial charge in [0.1, 0.15) is 5.82 Å². The van der Waals surface area contributed by atoms with Crippen molar-refractivity contribution in [2.45, 2.75) is 19.9 Å². The number of nitrogens with one attached hydrogen (secondary N) is 2. The van der Waals surface area contributed by atoms with E-state index in [1.165, 1.54) is 12.1 Å². The molecule has 0 saturated carbocycles. The average molecular weight is 498 g/mol. The minimum Gasteiger partial charge on any atom is -0.357 e. The van der Waals surface area contributed by atoms with Crippen LogP contribution in [0.2, 0.25) is 0 Å². The first kappa shape index (κ1) is 23.9. The number of carbonyl (C=O) groups excluding carboxylic acids is 1. The maximum Gasteiger partial charge on any atom is 0.251 e. The minimum absolute atomic E-state index is 0. The predicted molar refractivity (Wildman–Crippen MR) is 123 cm³/mol. The Balaban J connectivity index is 0.00000392. The zero-order valence-corrected chi connectivity index (χ0v) is 18.9. The molecule has 0 aromatic heterocycles. The van der Waals surface area contributed by atoms with Crippen molar-refractivity contribution in [2.75, 3.05) is 27.2 Å². The lowest BCUT2D eigenvalue weighted by Gasteiger charge is -2.22. The van der Waals surface area contributed by atoms with Crippen LogP contribution in [0.15, 0.2) is 53.5 Å². The van der Waals surface area contributed by atoms with Crippen LogP contribution < -0.4 is 10.6 Å². The van der Waals surface area contributed by atoms with Gasteiger partial charge in [-0.1, -0.05) is 24.3 Å². The molecule has 0 heterocycles. The van der Waals surface area contributed by atoms with Crippen LogP contribution in [0.5, 0.6) is 0 Å². The van der Waals surface area contributed by atoms with E-state index in [1.54, 1.807) is 19.2 Å². The number of carbonyl (C=O) groups is 1. The van der Waals surface area contributed by atoms with Gasteiger partial charge in [-0.15, -0.1) is 24.0 Å². The lowest BCUT2D eigenvalue weighted by Crippen LogP contribution is -2.38. The molecular weight excluding hydrogens is 470 g/mol. The molecule has 0 aliphatic heterocycles. The fourth-order valence-corrected chi connectivity index (χ4v) is 2.76. The molecule has 2 aromatic rings. The van der Waals surface area contributed by atoms with E-state index in [0.29, 0.717) is 18.7 Å². The number of halogens is 2. The van der Waals surface area contributed by atoms with Crippen molar-refractivity contribution in [1.29, 1.82) is 0 Å². The van der Waals surface area contributed by atoms with Gasteiger partial charge >= 0.3 is 0 Å². The van der Waals surface area contributed by atoms with Crippen LogP contribution in [0.4, 0.5) is 4.39 Å². The number of hydrogen-bond donors (Lipinski definition) is 2. The number of aliphatic imine (C=N–C) groups is 1. The van der Waals surface area contributed by atoms with Crippen molar-refractivity contribution in [3.05, 3.63) is 71.0 Å². The first-order valence-corrected chi connectivity index (χ1v) is 9.08. The first-order valence-electron chi connectivity index (χ1n) is 9.08. The second kappa shape index (κ2) is 12.3. The summed E-state index contributed by atoms with van der Waals surface area (Å²) in [6.07, 6.45) is 0.730. The van der Waals surface area contributed by atoms with Crippen molar-refractivity contribution in [1.82, 2.24) is 15.5 Å². The van der Waals surface area contributed by atoms with Crippen LogP contribution in [0.25, 0.3) is 0 Å². The summed E-state index contributed by atoms with van der Waals surface area (Å²) in [5, 5.41) is 5.89. The SMILES string of the molecule is CCNC(=NCCc1cccc(C(=O)NC)c1)N(C)Cc1cccc(F)c1.I. The summed E-state index contributed by atoms with van der Waals surface area (Å²) < 4.78 is 13.4. The molecule has 5 nitrogen and oxygen atoms in total. The monoisotopic (exact) mass is 498 g/mol. The van der Waals surface area contributed by atoms with Crippen LogP contribution in [0.1, 0.15) is 28.4 Å². The molecule has 0 aliphatic rings. The maximum absolute atomic E-state index is 13.4. The van der Waals surface area contributed by atoms with Gasteiger partial charge in [0.15, 0.2) is 5.96 Å². The number of benzene rings is 2. The molecule has 0 unspecified atom stereocenters. The van der Waals surface area contributed by atoms with Crippen LogP contribution in [0, 0.1) is 5.82 Å². The molecule has 1 amide bonds. The summed E-state index contributed by atoms with van der Waals surface area (Å²) in [6, 6.07) is 14.1. The largest absolute Gasteiger partial charge is 0.357 e. The molecule has 2 rings (SSSR count). The van der Waals surface area contributed by atoms with Crippen LogP contribution in [-0.4, -0.2) is 44.0 Å². The highest BCUT2D eigenvalue weighted by atomic mass is 127. The number of hydrogen-bond acceptors (Lipinski definition) is 2. The van der Waals surface area contributed by atoms with Crippen LogP contribution >= 0.6 is 24.0 Å². The van der Waals surface area contributed by atoms with Crippen molar-refractivity contribution in [3.8, 4) is 0 Å². The quantitative estimate of drug-likeness (QED) is 0.350. The highest BCUT2D eigenvalue weighted by Crippen LogP contribution is 2.08. The maximum atomic E-state index is 13.4. The Bertz CT molecular complexity index is 797. The lowest BCUT2D eigenvalue weighted by atomic mass is 10.1. The van der Waals surface area contributed by atoms with Gasteiger partial charge in [0.2, 0.25) is 0 Å². The molecule has 0 saturated heterocycles. The molecule has 0 aliphatic carbocycles. The van der Waals surface area contributed by atoms with Crippen LogP contribution in [0.3, 0.4) is 0 Å². The van der Waals surface area contributed by atoms with Crippen molar-refractivity contribution >= 4 is 35.8 Å². The van der Waals surface area contributed by atoms with E-state index in [9.17, 15) is 9.18 Å². The molecule has 0 fully saturated rings. The van der Waals surface area contributed by atoms with Crippen molar-refractivity contribution in [3.63, 3.8) is 0 Å². The smallest absolute Gasteiger partial charge is 0.251 e. The Labute approximate surface area is 183 Å². The number of nitrogens with zero attached hydrogens (tertiary/aromatic N) is 2. The van der Waals surface area contributed by atoms with E-state index < -0.39 is 0 Å². The van der Waals surface area contributed by atoms with Gasteiger partial charge < -0.3 is 15.5 Å². The number of guanidine groups is 1. The molecule has 2 aromatic carbocycles. The molecular formula is C21H28FIN4O. The van der Waals surface area contributed by atoms with E-state index in [0.717, 1.165) is 30.1 Å². The summed E-state index contributed by atoms with van der Waals surface area (Å²) in [7, 11) is 3.55. The third-order valence-electron chi connectivity index (χ3n) is 4.08. The van der Waals surface area contributed by atoms with E-state index in [2.05, 4.69) is 15.6 Å². The molecule has 7 heteroatoms. The van der Waals surface area contributed by atoms with Crippen LogP contribution in [-0.2, 0) is 13.0 Å². The topological polar surface area (TPSA) is 56.7 Å². The van der Waals surface area contributed by atoms with Gasteiger partial charge in [-0.25, -0.2) is 4.39 Å². The summed E-state index contributed by atoms with van der Waals surface area (Å²) in [6.45, 7) is 3.92. The second-order valence-corrected chi connectivity index (χ2v) is 6.25. The number of rotatable bonds is 7. The molecule has 0 bridgehead atoms. The summed E-state index contributed by atoms with van der Waals surface area (Å²) in [5.41, 5.74) is 2.60. The molecule has 0 spiro atoms. The van der Waals surface area contributed by atoms with Gasteiger partial charge in [0.25, 0.3) is 5.91 Å². The first-order chi connectivity index (χ1) is 13.0. The normalized spacial score (nSPS) is 10.8. The lowest BCUT2D eigenvalue weighted by molar-refractivity contribution is 0.0963. The van der Waals surface area contributed by atoms with Crippen molar-refractivity contribution in [2.24, 2.45) is 4.99 Å². The number of amides is 1. The summed E-state index contributed by atoms with van der Waals surface area (Å²) >= 11 is 0. The van der Waals surface area contributed by atoms with Crippen molar-refractivity contribution < 1.29 is 9.18 Å². The fourth-order valence-electron chi connectivity index (χ4n) is 2.76. The molecule has 0 radical (unpaired) electrons. The standard InChI is InChI=1S/C21H27FN4O.HI/c1-4-24-21(26(3)15-17-8-6-10-19(22)14-17)25-12-11-16-7-5-9-18(13-16)20(27)23-2;/h5-10,13-14H,4,11-12,15H2,1-3H3,(H,23,27)(H,24,25);1H. The molecule has 28 heavy (non-hydrogen) atoms. The van der Waals surface area contributed by atoms with E-state index in [-0.39, 0.29) is 35.7 Å². The Morgan fingerprint density at radius 2 is 1.86 bits per heavy atom. The second-order valence-electron chi connectivity index (χ2n) is 6.25. The average Bonchev–Trinajstić information content (AvgIpc) is 2.67. The van der Waals surface area contributed by atoms with E-state index in [4.69, 9.17) is 0 Å². The zero-order valence-electron chi connectivity index (χ0n) is 16.5. The fraction of sp³-hybridized carbons (Fsp3) is 0.333. The molecule has 0 atom stereocenters. The van der Waals surface area contributed by atoms with Gasteiger partial charge in [-0.05, 0) is 48.7 Å². The van der Waals surface area contributed by atoms with Gasteiger partial charge in [0, 0.05) is 39.3 Å². The summed E-state index contributed by atoms with van der Waals surface area (Å²) in [4.78, 5) is 18.4. The predicted octanol–water partition coefficient (Wildman–Crippen LogP) is 3.44. The zero-order chi connectivity index (χ0) is 19.6. The van der Waals surface area contributed by atoms with Gasteiger partial charge in [0.05, 0.1) is 0 Å². The molecule has 2 N–H and O–H groups in total. The van der Waals surface area contributed by atoms with E-state index >= 15 is 0 Å². The minimum atomic E-state index is -0.237. The highest BCUT2D eigenvalue weighted by molar-refractivity contribution is 14.0. The molecule has 152 valence electrons. The summed E-state index contributed by atoms with van der Waals surface area (Å²) in [5.74, 6) is 0.437. The van der Waals surface area contributed by atoms with Gasteiger partial charge in [-0.2, -0.15) is 0 Å². The third kappa shape index (κ3) is 7.46. The van der Waals surface area contributed by atoms with E-state index in [1.807, 2.05) is 43.1 Å². The Hall–Kier alpha value is -2.16. The highest BCUT2D eigenvalue weighted by Gasteiger charge is 2.08. The third-order valence-corrected chi connectivity index (χ3v) is 4.08. The Morgan fingerprint density at radius 1 is 1.14 bits per heavy atom. The van der Waals surface area contributed by atoms with Gasteiger partial charge in [-0.3, -0.25) is 9.79 Å². The Kier molecular flexibility index (Phi) is 10.5.